The molecule has 6 nitrogen and oxygen atoms in total. The van der Waals surface area contributed by atoms with Crippen LogP contribution in [0.5, 0.6) is 0 Å². The van der Waals surface area contributed by atoms with Crippen LogP contribution >= 0.6 is 0 Å². The maximum Gasteiger partial charge on any atom is 0.289 e. The van der Waals surface area contributed by atoms with Crippen molar-refractivity contribution in [2.24, 2.45) is 0 Å². The molecule has 2 aromatic heterocycles. The second kappa shape index (κ2) is 8.67. The van der Waals surface area contributed by atoms with Crippen LogP contribution in [0.25, 0.3) is 0 Å². The van der Waals surface area contributed by atoms with Crippen molar-refractivity contribution in [1.29, 1.82) is 0 Å². The molecule has 0 bridgehead atoms. The molecule has 1 saturated heterocycles. The molecule has 1 amide bonds. The predicted molar refractivity (Wildman–Crippen MR) is 101 cm³/mol. The Morgan fingerprint density at radius 1 is 1.22 bits per heavy atom. The lowest BCUT2D eigenvalue weighted by Gasteiger charge is -2.37. The first kappa shape index (κ1) is 18.2. The van der Waals surface area contributed by atoms with Gasteiger partial charge in [0.25, 0.3) is 5.91 Å². The van der Waals surface area contributed by atoms with Crippen LogP contribution in [0.2, 0.25) is 0 Å². The number of pyridine rings is 1. The Hall–Kier alpha value is -2.18. The van der Waals surface area contributed by atoms with E-state index in [1.807, 2.05) is 17.3 Å². The van der Waals surface area contributed by atoms with Crippen LogP contribution in [0.15, 0.2) is 47.3 Å². The van der Waals surface area contributed by atoms with Crippen molar-refractivity contribution < 1.29 is 13.9 Å². The molecule has 0 spiro atoms. The second-order valence-corrected chi connectivity index (χ2v) is 7.46. The van der Waals surface area contributed by atoms with Crippen LogP contribution < -0.4 is 0 Å². The van der Waals surface area contributed by atoms with Crippen LogP contribution in [-0.2, 0) is 11.3 Å². The minimum atomic E-state index is -0.0123. The zero-order valence-electron chi connectivity index (χ0n) is 15.6. The second-order valence-electron chi connectivity index (χ2n) is 7.46. The molecule has 2 aromatic rings. The number of amides is 1. The van der Waals surface area contributed by atoms with E-state index < -0.39 is 0 Å². The zero-order valence-corrected chi connectivity index (χ0v) is 15.6. The van der Waals surface area contributed by atoms with Gasteiger partial charge in [-0.25, -0.2) is 0 Å². The van der Waals surface area contributed by atoms with E-state index in [9.17, 15) is 4.79 Å². The molecular formula is C21H27N3O3. The molecule has 0 N–H and O–H groups in total. The Balaban J connectivity index is 1.41. The highest BCUT2D eigenvalue weighted by Gasteiger charge is 2.32. The smallest absolute Gasteiger partial charge is 0.289 e. The lowest BCUT2D eigenvalue weighted by molar-refractivity contribution is -0.0471. The van der Waals surface area contributed by atoms with Crippen LogP contribution in [-0.4, -0.2) is 59.1 Å². The number of carbonyl (C=O) groups excluding carboxylic acids is 1. The van der Waals surface area contributed by atoms with Crippen LogP contribution in [0.1, 0.15) is 41.8 Å². The Morgan fingerprint density at radius 2 is 2.04 bits per heavy atom. The molecule has 4 rings (SSSR count). The fourth-order valence-corrected chi connectivity index (χ4v) is 4.16. The van der Waals surface area contributed by atoms with Gasteiger partial charge in [-0.3, -0.25) is 14.7 Å². The van der Waals surface area contributed by atoms with Crippen molar-refractivity contribution in [2.75, 3.05) is 26.2 Å². The van der Waals surface area contributed by atoms with Crippen molar-refractivity contribution in [3.63, 3.8) is 0 Å². The summed E-state index contributed by atoms with van der Waals surface area (Å²) in [6.45, 7) is 3.95. The number of aromatic nitrogens is 1. The molecule has 1 saturated carbocycles. The van der Waals surface area contributed by atoms with Crippen molar-refractivity contribution >= 4 is 5.91 Å². The van der Waals surface area contributed by atoms with Gasteiger partial charge in [0.05, 0.1) is 19.0 Å². The number of nitrogens with zero attached hydrogens (tertiary/aromatic N) is 3. The number of hydrogen-bond acceptors (Lipinski definition) is 5. The zero-order chi connectivity index (χ0) is 18.5. The van der Waals surface area contributed by atoms with E-state index in [4.69, 9.17) is 9.15 Å². The molecule has 2 fully saturated rings. The van der Waals surface area contributed by atoms with Crippen LogP contribution in [0.3, 0.4) is 0 Å². The SMILES string of the molecule is O=C(c1ccco1)N(CC1CN(Cc2ccncc2)CCO1)C1CCCC1. The molecule has 0 aromatic carbocycles. The van der Waals surface area contributed by atoms with Gasteiger partial charge in [0.15, 0.2) is 5.76 Å². The van der Waals surface area contributed by atoms with E-state index >= 15 is 0 Å². The van der Waals surface area contributed by atoms with Crippen molar-refractivity contribution in [3.8, 4) is 0 Å². The average molecular weight is 369 g/mol. The fraction of sp³-hybridized carbons (Fsp3) is 0.524. The lowest BCUT2D eigenvalue weighted by Crippen LogP contribution is -2.50. The summed E-state index contributed by atoms with van der Waals surface area (Å²) in [6, 6.07) is 7.92. The summed E-state index contributed by atoms with van der Waals surface area (Å²) >= 11 is 0. The van der Waals surface area contributed by atoms with E-state index in [-0.39, 0.29) is 12.0 Å². The predicted octanol–water partition coefficient (Wildman–Crippen LogP) is 2.96. The van der Waals surface area contributed by atoms with Crippen LogP contribution in [0.4, 0.5) is 0 Å². The molecule has 1 aliphatic carbocycles. The van der Waals surface area contributed by atoms with Gasteiger partial charge in [0, 0.05) is 44.6 Å². The third-order valence-electron chi connectivity index (χ3n) is 5.54. The monoisotopic (exact) mass is 369 g/mol. The number of carbonyl (C=O) groups is 1. The molecule has 2 aliphatic rings. The summed E-state index contributed by atoms with van der Waals surface area (Å²) < 4.78 is 11.4. The third kappa shape index (κ3) is 4.57. The van der Waals surface area contributed by atoms with E-state index in [2.05, 4.69) is 22.0 Å². The van der Waals surface area contributed by atoms with Gasteiger partial charge in [0.2, 0.25) is 0 Å². The molecule has 3 heterocycles. The Morgan fingerprint density at radius 3 is 2.78 bits per heavy atom. The highest BCUT2D eigenvalue weighted by molar-refractivity contribution is 5.91. The van der Waals surface area contributed by atoms with Gasteiger partial charge < -0.3 is 14.1 Å². The maximum atomic E-state index is 13.0. The fourth-order valence-electron chi connectivity index (χ4n) is 4.16. The minimum absolute atomic E-state index is 0.0123. The highest BCUT2D eigenvalue weighted by atomic mass is 16.5. The Labute approximate surface area is 160 Å². The van der Waals surface area contributed by atoms with Crippen molar-refractivity contribution in [3.05, 3.63) is 54.2 Å². The number of rotatable bonds is 6. The molecular weight excluding hydrogens is 342 g/mol. The first-order valence-corrected chi connectivity index (χ1v) is 9.87. The van der Waals surface area contributed by atoms with Gasteiger partial charge >= 0.3 is 0 Å². The highest BCUT2D eigenvalue weighted by Crippen LogP contribution is 2.26. The van der Waals surface area contributed by atoms with E-state index in [0.29, 0.717) is 25.0 Å². The number of furan rings is 1. The van der Waals surface area contributed by atoms with Crippen molar-refractivity contribution in [2.45, 2.75) is 44.4 Å². The van der Waals surface area contributed by atoms with E-state index in [1.54, 1.807) is 18.4 Å². The molecule has 1 unspecified atom stereocenters. The minimum Gasteiger partial charge on any atom is -0.459 e. The van der Waals surface area contributed by atoms with E-state index in [1.165, 1.54) is 18.4 Å². The molecule has 1 aliphatic heterocycles. The lowest BCUT2D eigenvalue weighted by atomic mass is 10.1. The summed E-state index contributed by atoms with van der Waals surface area (Å²) in [6.07, 6.45) is 9.76. The van der Waals surface area contributed by atoms with Gasteiger partial charge in [-0.05, 0) is 42.7 Å². The quantitative estimate of drug-likeness (QED) is 0.783. The molecule has 6 heteroatoms. The van der Waals surface area contributed by atoms with Gasteiger partial charge in [-0.2, -0.15) is 0 Å². The third-order valence-corrected chi connectivity index (χ3v) is 5.54. The van der Waals surface area contributed by atoms with Crippen molar-refractivity contribution in [1.82, 2.24) is 14.8 Å². The first-order chi connectivity index (χ1) is 13.3. The normalized spacial score (nSPS) is 21.4. The number of ether oxygens (including phenoxy) is 1. The summed E-state index contributed by atoms with van der Waals surface area (Å²) in [5.74, 6) is 0.410. The first-order valence-electron chi connectivity index (χ1n) is 9.87. The standard InChI is InChI=1S/C21H27N3O3/c25-21(20-6-3-12-27-20)24(18-4-1-2-5-18)16-19-15-23(11-13-26-19)14-17-7-9-22-10-8-17/h3,6-10,12,18-19H,1-2,4-5,11,13-16H2. The van der Waals surface area contributed by atoms with Gasteiger partial charge in [-0.15, -0.1) is 0 Å². The Kier molecular flexibility index (Phi) is 5.84. The summed E-state index contributed by atoms with van der Waals surface area (Å²) in [5.41, 5.74) is 1.25. The topological polar surface area (TPSA) is 58.8 Å². The number of hydrogen-bond donors (Lipinski definition) is 0. The summed E-state index contributed by atoms with van der Waals surface area (Å²) in [4.78, 5) is 21.5. The van der Waals surface area contributed by atoms with Gasteiger partial charge in [-0.1, -0.05) is 12.8 Å². The summed E-state index contributed by atoms with van der Waals surface area (Å²) in [7, 11) is 0. The molecule has 144 valence electrons. The van der Waals surface area contributed by atoms with Gasteiger partial charge in [0.1, 0.15) is 0 Å². The average Bonchev–Trinajstić information content (AvgIpc) is 3.41. The largest absolute Gasteiger partial charge is 0.459 e. The summed E-state index contributed by atoms with van der Waals surface area (Å²) in [5, 5.41) is 0. The van der Waals surface area contributed by atoms with E-state index in [0.717, 1.165) is 32.5 Å². The van der Waals surface area contributed by atoms with Crippen LogP contribution in [0, 0.1) is 0 Å². The Bertz CT molecular complexity index is 714. The molecule has 1 atom stereocenters. The molecule has 0 radical (unpaired) electrons. The maximum absolute atomic E-state index is 13.0. The molecule has 27 heavy (non-hydrogen) atoms. The number of morpholine rings is 1.